The third-order valence-corrected chi connectivity index (χ3v) is 2.88. The van der Waals surface area contributed by atoms with E-state index in [9.17, 15) is 18.0 Å². The Morgan fingerprint density at radius 2 is 1.30 bits per heavy atom. The summed E-state index contributed by atoms with van der Waals surface area (Å²) in [7, 11) is -2.35. The van der Waals surface area contributed by atoms with Gasteiger partial charge < -0.3 is 9.47 Å². The fourth-order valence-electron chi connectivity index (χ4n) is 1.22. The van der Waals surface area contributed by atoms with E-state index in [-0.39, 0.29) is 70.2 Å². The first-order valence-corrected chi connectivity index (χ1v) is 6.03. The number of hydrogen-bond acceptors (Lipinski definition) is 6. The Morgan fingerprint density at radius 1 is 0.950 bits per heavy atom. The van der Waals surface area contributed by atoms with Gasteiger partial charge in [0.2, 0.25) is 0 Å². The van der Waals surface area contributed by atoms with Gasteiger partial charge in [-0.15, -0.1) is 0 Å². The average Bonchev–Trinajstić information content (AvgIpc) is 2.35. The van der Waals surface area contributed by atoms with Gasteiger partial charge in [-0.05, 0) is 18.2 Å². The maximum atomic E-state index is 11.3. The van der Waals surface area contributed by atoms with Crippen LogP contribution in [0.15, 0.2) is 23.1 Å². The summed E-state index contributed by atoms with van der Waals surface area (Å²) in [4.78, 5) is 22.0. The van der Waals surface area contributed by atoms with Crippen LogP contribution in [0.4, 0.5) is 0 Å². The van der Waals surface area contributed by atoms with Crippen molar-refractivity contribution in [1.82, 2.24) is 0 Å². The molecule has 0 unspecified atom stereocenters. The fraction of sp³-hybridized carbons (Fsp3) is 0.200. The predicted octanol–water partition coefficient (Wildman–Crippen LogP) is -0.255. The van der Waals surface area contributed by atoms with Gasteiger partial charge in [0.1, 0.15) is 0 Å². The molecule has 0 saturated heterocycles. The second-order valence-corrected chi connectivity index (χ2v) is 4.63. The molecule has 0 aliphatic heterocycles. The van der Waals surface area contributed by atoms with Crippen molar-refractivity contribution in [2.45, 2.75) is 4.90 Å². The quantitative estimate of drug-likeness (QED) is 0.465. The summed E-state index contributed by atoms with van der Waals surface area (Å²) in [6.07, 6.45) is 0. The number of rotatable bonds is 3. The molecule has 0 amide bonds. The number of carbonyl (C=O) groups is 2. The van der Waals surface area contributed by atoms with E-state index >= 15 is 0 Å². The van der Waals surface area contributed by atoms with E-state index in [0.29, 0.717) is 0 Å². The Morgan fingerprint density at radius 3 is 1.55 bits per heavy atom. The predicted molar refractivity (Wildman–Crippen MR) is 70.4 cm³/mol. The normalized spacial score (nSPS) is 9.75. The van der Waals surface area contributed by atoms with E-state index in [1.807, 2.05) is 0 Å². The summed E-state index contributed by atoms with van der Waals surface area (Å²) in [6, 6.07) is 2.90. The molecule has 1 rings (SSSR count). The zero-order valence-electron chi connectivity index (χ0n) is 11.5. The third-order valence-electron chi connectivity index (χ3n) is 2.05. The summed E-state index contributed by atoms with van der Waals surface area (Å²) in [6.45, 7) is 0. The molecule has 1 N–H and O–H groups in total. The van der Waals surface area contributed by atoms with Crippen molar-refractivity contribution in [3.63, 3.8) is 0 Å². The Balaban J connectivity index is 0. The molecule has 100 valence electrons. The molecule has 0 bridgehead atoms. The first-order chi connectivity index (χ1) is 8.29. The molecule has 7 nitrogen and oxygen atoms in total. The van der Waals surface area contributed by atoms with Crippen LogP contribution >= 0.6 is 0 Å². The second-order valence-electron chi connectivity index (χ2n) is 3.20. The molecular formula is C10H10Na2O7S. The van der Waals surface area contributed by atoms with E-state index in [1.54, 1.807) is 0 Å². The van der Waals surface area contributed by atoms with Crippen LogP contribution in [0.1, 0.15) is 20.7 Å². The molecular weight excluding hydrogens is 310 g/mol. The molecule has 1 aromatic rings. The zero-order chi connectivity index (χ0) is 13.9. The van der Waals surface area contributed by atoms with Crippen molar-refractivity contribution in [3.05, 3.63) is 29.3 Å². The third kappa shape index (κ3) is 5.82. The first kappa shape index (κ1) is 22.4. The van der Waals surface area contributed by atoms with Crippen LogP contribution in [0.2, 0.25) is 0 Å². The Labute approximate surface area is 160 Å². The van der Waals surface area contributed by atoms with Gasteiger partial charge in [-0.2, -0.15) is 8.42 Å². The first-order valence-electron chi connectivity index (χ1n) is 4.59. The minimum atomic E-state index is -4.55. The van der Waals surface area contributed by atoms with E-state index in [0.717, 1.165) is 32.4 Å². The number of methoxy groups -OCH3 is 2. The van der Waals surface area contributed by atoms with Crippen LogP contribution in [-0.4, -0.2) is 98.2 Å². The molecule has 0 saturated carbocycles. The SMILES string of the molecule is COC(=O)c1cc(C(=O)OC)cc(S(=O)(=O)O)c1.[Na].[Na]. The number of benzene rings is 1. The minimum Gasteiger partial charge on any atom is -0.465 e. The monoisotopic (exact) mass is 320 g/mol. The molecule has 0 aromatic heterocycles. The van der Waals surface area contributed by atoms with Gasteiger partial charge in [0.05, 0.1) is 30.2 Å². The van der Waals surface area contributed by atoms with E-state index in [1.165, 1.54) is 0 Å². The summed E-state index contributed by atoms with van der Waals surface area (Å²) in [5, 5.41) is 0. The van der Waals surface area contributed by atoms with Crippen molar-refractivity contribution < 1.29 is 32.0 Å². The van der Waals surface area contributed by atoms with Crippen LogP contribution in [0, 0.1) is 0 Å². The molecule has 10 heteroatoms. The summed E-state index contributed by atoms with van der Waals surface area (Å²) in [5.74, 6) is -1.68. The van der Waals surface area contributed by atoms with E-state index in [4.69, 9.17) is 4.55 Å². The van der Waals surface area contributed by atoms with Gasteiger partial charge in [-0.1, -0.05) is 0 Å². The van der Waals surface area contributed by atoms with Crippen LogP contribution < -0.4 is 0 Å². The van der Waals surface area contributed by atoms with Crippen LogP contribution in [0.3, 0.4) is 0 Å². The van der Waals surface area contributed by atoms with Crippen LogP contribution in [-0.2, 0) is 19.6 Å². The number of ether oxygens (including phenoxy) is 2. The number of hydrogen-bond donors (Lipinski definition) is 1. The zero-order valence-corrected chi connectivity index (χ0v) is 16.4. The maximum Gasteiger partial charge on any atom is 0.337 e. The standard InChI is InChI=1S/C10H10O7S.2Na/c1-16-9(11)6-3-7(10(12)17-2)5-8(4-6)18(13,14)15;;/h3-5H,1-2H3,(H,13,14,15);;. The van der Waals surface area contributed by atoms with Gasteiger partial charge in [0, 0.05) is 59.1 Å². The average molecular weight is 320 g/mol. The van der Waals surface area contributed by atoms with Gasteiger partial charge in [0.15, 0.2) is 0 Å². The van der Waals surface area contributed by atoms with Crippen molar-refractivity contribution in [2.75, 3.05) is 14.2 Å². The molecule has 0 heterocycles. The molecule has 0 aliphatic rings. The Bertz CT molecular complexity index is 563. The Kier molecular flexibility index (Phi) is 10.2. The minimum absolute atomic E-state index is 0. The molecule has 0 fully saturated rings. The van der Waals surface area contributed by atoms with Crippen molar-refractivity contribution in [1.29, 1.82) is 0 Å². The smallest absolute Gasteiger partial charge is 0.337 e. The number of esters is 2. The summed E-state index contributed by atoms with van der Waals surface area (Å²) < 4.78 is 39.7. The molecule has 0 spiro atoms. The Hall–Kier alpha value is 0.0700. The van der Waals surface area contributed by atoms with Crippen LogP contribution in [0.5, 0.6) is 0 Å². The van der Waals surface area contributed by atoms with Gasteiger partial charge in [-0.25, -0.2) is 9.59 Å². The summed E-state index contributed by atoms with van der Waals surface area (Å²) in [5.41, 5.74) is -0.374. The molecule has 0 atom stereocenters. The fourth-order valence-corrected chi connectivity index (χ4v) is 1.77. The number of carbonyl (C=O) groups excluding carboxylic acids is 2. The topological polar surface area (TPSA) is 107 Å². The largest absolute Gasteiger partial charge is 0.465 e. The van der Waals surface area contributed by atoms with Crippen molar-refractivity contribution in [3.8, 4) is 0 Å². The van der Waals surface area contributed by atoms with E-state index in [2.05, 4.69) is 9.47 Å². The summed E-state index contributed by atoms with van der Waals surface area (Å²) >= 11 is 0. The molecule has 0 aliphatic carbocycles. The maximum absolute atomic E-state index is 11.3. The molecule has 1 aromatic carbocycles. The van der Waals surface area contributed by atoms with Gasteiger partial charge in [0.25, 0.3) is 10.1 Å². The van der Waals surface area contributed by atoms with E-state index < -0.39 is 27.0 Å². The molecule has 20 heavy (non-hydrogen) atoms. The van der Waals surface area contributed by atoms with Crippen LogP contribution in [0.25, 0.3) is 0 Å². The second kappa shape index (κ2) is 9.16. The van der Waals surface area contributed by atoms with Crippen molar-refractivity contribution in [2.24, 2.45) is 0 Å². The molecule has 2 radical (unpaired) electrons. The van der Waals surface area contributed by atoms with Crippen molar-refractivity contribution >= 4 is 81.2 Å². The van der Waals surface area contributed by atoms with Gasteiger partial charge >= 0.3 is 11.9 Å². The van der Waals surface area contributed by atoms with Gasteiger partial charge in [-0.3, -0.25) is 4.55 Å².